The van der Waals surface area contributed by atoms with Crippen LogP contribution in [-0.4, -0.2) is 40.4 Å². The van der Waals surface area contributed by atoms with Gasteiger partial charge in [0, 0.05) is 31.6 Å². The van der Waals surface area contributed by atoms with Crippen molar-refractivity contribution in [2.24, 2.45) is 0 Å². The molecule has 0 aromatic carbocycles. The van der Waals surface area contributed by atoms with Gasteiger partial charge in [-0.2, -0.15) is 4.98 Å². The Bertz CT molecular complexity index is 325. The lowest BCUT2D eigenvalue weighted by molar-refractivity contribution is 0.403. The molecule has 2 N–H and O–H groups in total. The second kappa shape index (κ2) is 4.82. The molecule has 0 spiro atoms. The highest BCUT2D eigenvalue weighted by Gasteiger charge is 2.23. The van der Waals surface area contributed by atoms with Gasteiger partial charge < -0.3 is 10.2 Å². The number of aryl methyl sites for hydroxylation is 1. The molecule has 1 fully saturated rings. The number of piperazine rings is 1. The van der Waals surface area contributed by atoms with Crippen LogP contribution < -0.4 is 10.2 Å². The van der Waals surface area contributed by atoms with Gasteiger partial charge in [-0.3, -0.25) is 5.10 Å². The third kappa shape index (κ3) is 2.52. The van der Waals surface area contributed by atoms with E-state index in [-0.39, 0.29) is 0 Å². The van der Waals surface area contributed by atoms with Crippen molar-refractivity contribution >= 4 is 5.95 Å². The molecule has 0 aliphatic carbocycles. The minimum atomic E-state index is 0.497. The standard InChI is InChI=1S/C11H21N5/c1-4-5-10-13-11(15-14-10)16-6-8(2)12-9(3)7-16/h8-9,12H,4-7H2,1-3H3,(H,13,14,15). The van der Waals surface area contributed by atoms with E-state index in [1.807, 2.05) is 0 Å². The fourth-order valence-corrected chi connectivity index (χ4v) is 2.27. The first kappa shape index (κ1) is 11.4. The summed E-state index contributed by atoms with van der Waals surface area (Å²) in [5.41, 5.74) is 0. The van der Waals surface area contributed by atoms with Crippen LogP contribution in [0.15, 0.2) is 0 Å². The first-order valence-electron chi connectivity index (χ1n) is 6.11. The number of aromatic amines is 1. The second-order valence-corrected chi connectivity index (χ2v) is 4.71. The molecule has 1 saturated heterocycles. The number of aromatic nitrogens is 3. The van der Waals surface area contributed by atoms with Crippen molar-refractivity contribution in [2.45, 2.75) is 45.7 Å². The number of rotatable bonds is 3. The Morgan fingerprint density at radius 3 is 2.62 bits per heavy atom. The van der Waals surface area contributed by atoms with E-state index in [1.54, 1.807) is 0 Å². The summed E-state index contributed by atoms with van der Waals surface area (Å²) in [4.78, 5) is 6.78. The molecule has 0 bridgehead atoms. The Labute approximate surface area is 96.6 Å². The van der Waals surface area contributed by atoms with Gasteiger partial charge in [0.1, 0.15) is 5.82 Å². The Kier molecular flexibility index (Phi) is 3.43. The molecule has 0 amide bonds. The van der Waals surface area contributed by atoms with E-state index < -0.39 is 0 Å². The van der Waals surface area contributed by atoms with Gasteiger partial charge in [0.05, 0.1) is 0 Å². The Hall–Kier alpha value is -1.10. The first-order valence-corrected chi connectivity index (χ1v) is 6.11. The van der Waals surface area contributed by atoms with Crippen molar-refractivity contribution in [1.29, 1.82) is 0 Å². The lowest BCUT2D eigenvalue weighted by Crippen LogP contribution is -2.54. The van der Waals surface area contributed by atoms with Crippen molar-refractivity contribution in [1.82, 2.24) is 20.5 Å². The molecule has 0 radical (unpaired) electrons. The normalized spacial score (nSPS) is 26.1. The summed E-state index contributed by atoms with van der Waals surface area (Å²) in [6.45, 7) is 8.50. The van der Waals surface area contributed by atoms with Gasteiger partial charge in [-0.1, -0.05) is 6.92 Å². The van der Waals surface area contributed by atoms with Crippen LogP contribution in [0.1, 0.15) is 33.0 Å². The summed E-state index contributed by atoms with van der Waals surface area (Å²) < 4.78 is 0. The number of anilines is 1. The van der Waals surface area contributed by atoms with Crippen LogP contribution in [0.5, 0.6) is 0 Å². The molecule has 2 rings (SSSR count). The quantitative estimate of drug-likeness (QED) is 0.801. The van der Waals surface area contributed by atoms with Crippen LogP contribution in [0.3, 0.4) is 0 Å². The van der Waals surface area contributed by atoms with Crippen molar-refractivity contribution in [3.05, 3.63) is 5.82 Å². The van der Waals surface area contributed by atoms with Gasteiger partial charge in [-0.15, -0.1) is 5.10 Å². The minimum absolute atomic E-state index is 0.497. The monoisotopic (exact) mass is 223 g/mol. The van der Waals surface area contributed by atoms with Crippen molar-refractivity contribution < 1.29 is 0 Å². The largest absolute Gasteiger partial charge is 0.336 e. The van der Waals surface area contributed by atoms with Crippen LogP contribution >= 0.6 is 0 Å². The van der Waals surface area contributed by atoms with Gasteiger partial charge in [0.2, 0.25) is 5.95 Å². The predicted molar refractivity (Wildman–Crippen MR) is 64.7 cm³/mol. The van der Waals surface area contributed by atoms with Crippen LogP contribution in [0.4, 0.5) is 5.95 Å². The molecule has 2 atom stereocenters. The van der Waals surface area contributed by atoms with E-state index in [9.17, 15) is 0 Å². The highest BCUT2D eigenvalue weighted by atomic mass is 15.4. The van der Waals surface area contributed by atoms with Gasteiger partial charge in [-0.05, 0) is 20.3 Å². The number of hydrogen-bond acceptors (Lipinski definition) is 4. The molecule has 5 nitrogen and oxygen atoms in total. The van der Waals surface area contributed by atoms with Crippen LogP contribution in [0.2, 0.25) is 0 Å². The highest BCUT2D eigenvalue weighted by Crippen LogP contribution is 2.12. The van der Waals surface area contributed by atoms with Crippen LogP contribution in [0.25, 0.3) is 0 Å². The minimum Gasteiger partial charge on any atom is -0.336 e. The maximum Gasteiger partial charge on any atom is 0.244 e. The molecule has 16 heavy (non-hydrogen) atoms. The van der Waals surface area contributed by atoms with E-state index in [1.165, 1.54) is 0 Å². The number of nitrogens with zero attached hydrogens (tertiary/aromatic N) is 3. The van der Waals surface area contributed by atoms with Gasteiger partial charge in [0.15, 0.2) is 0 Å². The zero-order valence-electron chi connectivity index (χ0n) is 10.3. The Morgan fingerprint density at radius 1 is 1.31 bits per heavy atom. The zero-order valence-corrected chi connectivity index (χ0v) is 10.3. The van der Waals surface area contributed by atoms with E-state index in [0.29, 0.717) is 12.1 Å². The van der Waals surface area contributed by atoms with E-state index in [0.717, 1.165) is 37.7 Å². The Balaban J connectivity index is 2.04. The third-order valence-electron chi connectivity index (χ3n) is 2.85. The molecule has 0 saturated carbocycles. The third-order valence-corrected chi connectivity index (χ3v) is 2.85. The van der Waals surface area contributed by atoms with Gasteiger partial charge in [0.25, 0.3) is 0 Å². The molecule has 90 valence electrons. The maximum absolute atomic E-state index is 4.52. The molecule has 1 aromatic rings. The molecule has 1 aliphatic heterocycles. The summed E-state index contributed by atoms with van der Waals surface area (Å²) in [5, 5.41) is 10.8. The SMILES string of the molecule is CCCc1nc(N2CC(C)NC(C)C2)n[nH]1. The summed E-state index contributed by atoms with van der Waals surface area (Å²) in [6.07, 6.45) is 2.08. The van der Waals surface area contributed by atoms with E-state index in [2.05, 4.69) is 46.2 Å². The van der Waals surface area contributed by atoms with Crippen molar-refractivity contribution in [2.75, 3.05) is 18.0 Å². The summed E-state index contributed by atoms with van der Waals surface area (Å²) in [5.74, 6) is 1.85. The highest BCUT2D eigenvalue weighted by molar-refractivity contribution is 5.30. The topological polar surface area (TPSA) is 56.8 Å². The number of hydrogen-bond donors (Lipinski definition) is 2. The fraction of sp³-hybridized carbons (Fsp3) is 0.818. The predicted octanol–water partition coefficient (Wildman–Crippen LogP) is 0.944. The number of H-pyrrole nitrogens is 1. The van der Waals surface area contributed by atoms with E-state index in [4.69, 9.17) is 0 Å². The first-order chi connectivity index (χ1) is 7.69. The average Bonchev–Trinajstić information content (AvgIpc) is 2.65. The lowest BCUT2D eigenvalue weighted by atomic mass is 10.1. The van der Waals surface area contributed by atoms with Crippen LogP contribution in [0, 0.1) is 0 Å². The molecule has 5 heteroatoms. The molecule has 1 aliphatic rings. The molecule has 2 heterocycles. The van der Waals surface area contributed by atoms with E-state index >= 15 is 0 Å². The molecular formula is C11H21N5. The molecular weight excluding hydrogens is 202 g/mol. The molecule has 1 aromatic heterocycles. The smallest absolute Gasteiger partial charge is 0.244 e. The maximum atomic E-state index is 4.52. The van der Waals surface area contributed by atoms with Gasteiger partial charge in [-0.25, -0.2) is 0 Å². The van der Waals surface area contributed by atoms with Crippen molar-refractivity contribution in [3.8, 4) is 0 Å². The van der Waals surface area contributed by atoms with Crippen molar-refractivity contribution in [3.63, 3.8) is 0 Å². The average molecular weight is 223 g/mol. The summed E-state index contributed by atoms with van der Waals surface area (Å²) in [6, 6.07) is 0.994. The zero-order chi connectivity index (χ0) is 11.5. The lowest BCUT2D eigenvalue weighted by Gasteiger charge is -2.35. The van der Waals surface area contributed by atoms with Crippen LogP contribution in [-0.2, 0) is 6.42 Å². The van der Waals surface area contributed by atoms with Gasteiger partial charge >= 0.3 is 0 Å². The Morgan fingerprint density at radius 2 is 2.00 bits per heavy atom. The molecule has 2 unspecified atom stereocenters. The second-order valence-electron chi connectivity index (χ2n) is 4.71. The summed E-state index contributed by atoms with van der Waals surface area (Å²) in [7, 11) is 0. The number of nitrogens with one attached hydrogen (secondary N) is 2. The summed E-state index contributed by atoms with van der Waals surface area (Å²) >= 11 is 0. The fourth-order valence-electron chi connectivity index (χ4n) is 2.27.